The lowest BCUT2D eigenvalue weighted by Crippen LogP contribution is -2.06. The maximum atomic E-state index is 6.02. The first-order valence-corrected chi connectivity index (χ1v) is 7.44. The molecule has 0 saturated heterocycles. The third-order valence-corrected chi connectivity index (χ3v) is 3.94. The summed E-state index contributed by atoms with van der Waals surface area (Å²) < 4.78 is 6.02. The van der Waals surface area contributed by atoms with Crippen molar-refractivity contribution < 1.29 is 4.74 Å². The highest BCUT2D eigenvalue weighted by molar-refractivity contribution is 5.40. The molecule has 2 heteroatoms. The normalized spacial score (nSPS) is 12.3. The smallest absolute Gasteiger partial charge is 0.122 e. The van der Waals surface area contributed by atoms with Gasteiger partial charge in [-0.15, -0.1) is 0 Å². The van der Waals surface area contributed by atoms with Crippen LogP contribution in [0.5, 0.6) is 5.75 Å². The van der Waals surface area contributed by atoms with E-state index in [0.717, 1.165) is 16.9 Å². The van der Waals surface area contributed by atoms with Crippen LogP contribution in [0.3, 0.4) is 0 Å². The zero-order valence-corrected chi connectivity index (χ0v) is 13.7. The number of aryl methyl sites for hydroxylation is 4. The Kier molecular flexibility index (Phi) is 4.69. The van der Waals surface area contributed by atoms with Crippen molar-refractivity contribution in [2.45, 2.75) is 47.3 Å². The molecule has 0 aliphatic rings. The van der Waals surface area contributed by atoms with Gasteiger partial charge in [-0.1, -0.05) is 29.8 Å². The summed E-state index contributed by atoms with van der Waals surface area (Å²) in [6.45, 7) is 11.1. The first kappa shape index (κ1) is 15.6. The van der Waals surface area contributed by atoms with Crippen molar-refractivity contribution in [3.8, 4) is 5.75 Å². The van der Waals surface area contributed by atoms with Crippen LogP contribution >= 0.6 is 0 Å². The van der Waals surface area contributed by atoms with Gasteiger partial charge in [0.1, 0.15) is 12.4 Å². The minimum Gasteiger partial charge on any atom is -0.489 e. The predicted octanol–water partition coefficient (Wildman–Crippen LogP) is 4.52. The fourth-order valence-corrected chi connectivity index (χ4v) is 2.71. The van der Waals surface area contributed by atoms with Gasteiger partial charge in [0.2, 0.25) is 0 Å². The summed E-state index contributed by atoms with van der Waals surface area (Å²) in [7, 11) is 0. The van der Waals surface area contributed by atoms with Crippen molar-refractivity contribution in [3.63, 3.8) is 0 Å². The quantitative estimate of drug-likeness (QED) is 0.895. The van der Waals surface area contributed by atoms with E-state index in [1.54, 1.807) is 0 Å². The van der Waals surface area contributed by atoms with E-state index in [9.17, 15) is 0 Å². The lowest BCUT2D eigenvalue weighted by Gasteiger charge is -2.15. The second-order valence-corrected chi connectivity index (χ2v) is 5.98. The molecule has 0 aliphatic heterocycles. The number of hydrogen-bond acceptors (Lipinski definition) is 2. The van der Waals surface area contributed by atoms with Gasteiger partial charge in [-0.05, 0) is 68.5 Å². The molecule has 2 rings (SSSR count). The summed E-state index contributed by atoms with van der Waals surface area (Å²) in [5, 5.41) is 0. The number of ether oxygens (including phenoxy) is 1. The number of nitrogens with two attached hydrogens (primary N) is 1. The third kappa shape index (κ3) is 3.64. The Labute approximate surface area is 127 Å². The standard InChI is InChI=1S/C19H25NO/c1-12-8-13(2)18(14(3)9-12)11-21-19-7-6-17(16(5)20)10-15(19)4/h6-10,16H,11,20H2,1-5H3/t16-/m0/s1. The molecule has 21 heavy (non-hydrogen) atoms. The van der Waals surface area contributed by atoms with Gasteiger partial charge in [0.15, 0.2) is 0 Å². The third-order valence-electron chi connectivity index (χ3n) is 3.94. The second-order valence-electron chi connectivity index (χ2n) is 5.98. The van der Waals surface area contributed by atoms with E-state index in [0.29, 0.717) is 6.61 Å². The predicted molar refractivity (Wildman–Crippen MR) is 88.8 cm³/mol. The molecule has 0 amide bonds. The summed E-state index contributed by atoms with van der Waals surface area (Å²) in [5.74, 6) is 0.929. The summed E-state index contributed by atoms with van der Waals surface area (Å²) in [6.07, 6.45) is 0. The summed E-state index contributed by atoms with van der Waals surface area (Å²) in [6, 6.07) is 10.6. The molecule has 0 bridgehead atoms. The maximum absolute atomic E-state index is 6.02. The van der Waals surface area contributed by atoms with Crippen molar-refractivity contribution in [2.75, 3.05) is 0 Å². The van der Waals surface area contributed by atoms with Gasteiger partial charge in [-0.3, -0.25) is 0 Å². The van der Waals surface area contributed by atoms with E-state index in [1.807, 2.05) is 19.1 Å². The van der Waals surface area contributed by atoms with Gasteiger partial charge in [0.25, 0.3) is 0 Å². The van der Waals surface area contributed by atoms with E-state index < -0.39 is 0 Å². The Morgan fingerprint density at radius 2 is 1.57 bits per heavy atom. The highest BCUT2D eigenvalue weighted by atomic mass is 16.5. The van der Waals surface area contributed by atoms with Crippen molar-refractivity contribution >= 4 is 0 Å². The monoisotopic (exact) mass is 283 g/mol. The molecule has 0 spiro atoms. The van der Waals surface area contributed by atoms with E-state index in [4.69, 9.17) is 10.5 Å². The fraction of sp³-hybridized carbons (Fsp3) is 0.368. The van der Waals surface area contributed by atoms with Crippen molar-refractivity contribution in [3.05, 3.63) is 63.7 Å². The van der Waals surface area contributed by atoms with Gasteiger partial charge in [0.05, 0.1) is 0 Å². The fourth-order valence-electron chi connectivity index (χ4n) is 2.71. The topological polar surface area (TPSA) is 35.2 Å². The zero-order chi connectivity index (χ0) is 15.6. The highest BCUT2D eigenvalue weighted by Crippen LogP contribution is 2.24. The minimum absolute atomic E-state index is 0.0549. The van der Waals surface area contributed by atoms with Crippen LogP contribution in [0.25, 0.3) is 0 Å². The first-order valence-electron chi connectivity index (χ1n) is 7.44. The van der Waals surface area contributed by atoms with Crippen LogP contribution in [-0.4, -0.2) is 0 Å². The summed E-state index contributed by atoms with van der Waals surface area (Å²) in [5.41, 5.74) is 13.3. The molecule has 0 saturated carbocycles. The van der Waals surface area contributed by atoms with Crippen molar-refractivity contribution in [1.29, 1.82) is 0 Å². The first-order chi connectivity index (χ1) is 9.88. The average molecular weight is 283 g/mol. The maximum Gasteiger partial charge on any atom is 0.122 e. The van der Waals surface area contributed by atoms with E-state index in [2.05, 4.69) is 45.9 Å². The summed E-state index contributed by atoms with van der Waals surface area (Å²) >= 11 is 0. The van der Waals surface area contributed by atoms with Gasteiger partial charge in [-0.25, -0.2) is 0 Å². The Hall–Kier alpha value is -1.80. The van der Waals surface area contributed by atoms with Gasteiger partial charge in [0, 0.05) is 6.04 Å². The molecule has 0 unspecified atom stereocenters. The molecule has 2 aromatic carbocycles. The van der Waals surface area contributed by atoms with Crippen LogP contribution in [0.4, 0.5) is 0 Å². The Morgan fingerprint density at radius 1 is 0.952 bits per heavy atom. The summed E-state index contributed by atoms with van der Waals surface area (Å²) in [4.78, 5) is 0. The molecule has 2 aromatic rings. The van der Waals surface area contributed by atoms with Crippen molar-refractivity contribution in [1.82, 2.24) is 0 Å². The van der Waals surface area contributed by atoms with Crippen LogP contribution in [0.1, 0.15) is 46.3 Å². The Morgan fingerprint density at radius 3 is 2.10 bits per heavy atom. The number of hydrogen-bond donors (Lipinski definition) is 1. The average Bonchev–Trinajstić information content (AvgIpc) is 2.38. The van der Waals surface area contributed by atoms with Crippen LogP contribution in [-0.2, 0) is 6.61 Å². The van der Waals surface area contributed by atoms with Crippen molar-refractivity contribution in [2.24, 2.45) is 5.73 Å². The lowest BCUT2D eigenvalue weighted by atomic mass is 10.0. The van der Waals surface area contributed by atoms with Gasteiger partial charge in [-0.2, -0.15) is 0 Å². The SMILES string of the molecule is Cc1cc(C)c(COc2ccc([C@H](C)N)cc2C)c(C)c1. The van der Waals surface area contributed by atoms with Crippen LogP contribution < -0.4 is 10.5 Å². The zero-order valence-electron chi connectivity index (χ0n) is 13.7. The van der Waals surface area contributed by atoms with E-state index in [1.165, 1.54) is 22.3 Å². The largest absolute Gasteiger partial charge is 0.489 e. The van der Waals surface area contributed by atoms with Crippen LogP contribution in [0.2, 0.25) is 0 Å². The molecule has 112 valence electrons. The van der Waals surface area contributed by atoms with Gasteiger partial charge >= 0.3 is 0 Å². The molecule has 2 N–H and O–H groups in total. The van der Waals surface area contributed by atoms with Gasteiger partial charge < -0.3 is 10.5 Å². The molecule has 0 radical (unpaired) electrons. The molecule has 1 atom stereocenters. The Balaban J connectivity index is 2.17. The molecule has 0 aliphatic carbocycles. The van der Waals surface area contributed by atoms with E-state index in [-0.39, 0.29) is 6.04 Å². The molecular weight excluding hydrogens is 258 g/mol. The molecule has 0 heterocycles. The van der Waals surface area contributed by atoms with Crippen LogP contribution in [0, 0.1) is 27.7 Å². The molecular formula is C19H25NO. The van der Waals surface area contributed by atoms with E-state index >= 15 is 0 Å². The molecule has 2 nitrogen and oxygen atoms in total. The number of rotatable bonds is 4. The van der Waals surface area contributed by atoms with Crippen LogP contribution in [0.15, 0.2) is 30.3 Å². The number of benzene rings is 2. The molecule has 0 fully saturated rings. The minimum atomic E-state index is 0.0549. The lowest BCUT2D eigenvalue weighted by molar-refractivity contribution is 0.302. The second kappa shape index (κ2) is 6.31. The Bertz CT molecular complexity index is 621. The molecule has 0 aromatic heterocycles. The highest BCUT2D eigenvalue weighted by Gasteiger charge is 2.08.